The maximum absolute atomic E-state index is 2.65. The van der Waals surface area contributed by atoms with Gasteiger partial charge in [-0.05, 0) is 198 Å². The summed E-state index contributed by atoms with van der Waals surface area (Å²) in [5, 5.41) is 21.6. The lowest BCUT2D eigenvalue weighted by atomic mass is 9.86. The molecule has 0 N–H and O–H groups in total. The second kappa shape index (κ2) is 23.6. The summed E-state index contributed by atoms with van der Waals surface area (Å²) < 4.78 is 7.94. The van der Waals surface area contributed by atoms with Crippen molar-refractivity contribution < 1.29 is 0 Å². The van der Waals surface area contributed by atoms with Gasteiger partial charge in [0.05, 0.1) is 33.1 Å². The van der Waals surface area contributed by atoms with Crippen LogP contribution in [0.15, 0.2) is 376 Å². The van der Waals surface area contributed by atoms with Crippen LogP contribution >= 0.6 is 0 Å². The molecule has 0 saturated heterocycles. The maximum Gasteiger partial charge on any atom is 0.0663 e. The van der Waals surface area contributed by atoms with Crippen LogP contribution in [-0.4, -0.2) is 13.7 Å². The Hall–Kier alpha value is -13.9. The number of aryl methyl sites for hydroxylation is 1. The van der Waals surface area contributed by atoms with Gasteiger partial charge in [0.15, 0.2) is 0 Å². The molecule has 0 amide bonds. The van der Waals surface area contributed by atoms with Gasteiger partial charge in [-0.2, -0.15) is 0 Å². The first-order valence-electron chi connectivity index (χ1n) is 36.8. The average molecular weight is 1340 g/mol. The molecule has 3 nitrogen and oxygen atoms in total. The van der Waals surface area contributed by atoms with Crippen LogP contribution in [0, 0.1) is 6.92 Å². The molecule has 3 heterocycles. The molecule has 106 heavy (non-hydrogen) atoms. The molecule has 22 aromatic rings. The zero-order valence-corrected chi connectivity index (χ0v) is 58.1. The molecule has 0 unspecified atom stereocenters. The first-order valence-corrected chi connectivity index (χ1v) is 36.8. The lowest BCUT2D eigenvalue weighted by molar-refractivity contribution is 1.18. The number of hydrogen-bond donors (Lipinski definition) is 0. The number of hydrogen-bond acceptors (Lipinski definition) is 0. The smallest absolute Gasteiger partial charge is 0.0663 e. The highest BCUT2D eigenvalue weighted by atomic mass is 15.0. The second-order valence-electron chi connectivity index (χ2n) is 28.5. The molecule has 22 rings (SSSR count). The van der Waals surface area contributed by atoms with Gasteiger partial charge < -0.3 is 13.7 Å². The molecule has 492 valence electrons. The molecule has 0 bridgehead atoms. The monoisotopic (exact) mass is 1340 g/mol. The van der Waals surface area contributed by atoms with E-state index in [4.69, 9.17) is 0 Å². The Morgan fingerprint density at radius 2 is 0.368 bits per heavy atom. The molecule has 0 fully saturated rings. The topological polar surface area (TPSA) is 14.8 Å². The number of fused-ring (bicyclic) bond motifs is 18. The second-order valence-corrected chi connectivity index (χ2v) is 28.5. The van der Waals surface area contributed by atoms with Crippen LogP contribution in [0.2, 0.25) is 0 Å². The van der Waals surface area contributed by atoms with Crippen molar-refractivity contribution in [3.05, 3.63) is 382 Å². The number of benzene rings is 19. The minimum Gasteiger partial charge on any atom is -0.308 e. The molecule has 0 saturated carbocycles. The first-order chi connectivity index (χ1) is 52.6. The Balaban J connectivity index is 0.950. The molecule has 0 radical (unpaired) electrons. The van der Waals surface area contributed by atoms with Crippen molar-refractivity contribution in [2.45, 2.75) is 6.92 Å². The van der Waals surface area contributed by atoms with E-state index in [2.05, 4.69) is 397 Å². The third-order valence-electron chi connectivity index (χ3n) is 22.8. The van der Waals surface area contributed by atoms with Crippen molar-refractivity contribution in [3.63, 3.8) is 0 Å². The summed E-state index contributed by atoms with van der Waals surface area (Å²) in [7, 11) is 0. The zero-order valence-electron chi connectivity index (χ0n) is 58.1. The largest absolute Gasteiger partial charge is 0.308 e. The Bertz CT molecular complexity index is 7390. The van der Waals surface area contributed by atoms with Gasteiger partial charge in [0, 0.05) is 49.4 Å². The summed E-state index contributed by atoms with van der Waals surface area (Å²) in [5.74, 6) is 0. The van der Waals surface area contributed by atoms with Crippen LogP contribution in [-0.2, 0) is 0 Å². The minimum absolute atomic E-state index is 1.08. The average Bonchev–Trinajstić information content (AvgIpc) is 1.50. The van der Waals surface area contributed by atoms with E-state index < -0.39 is 0 Å². The fraction of sp³-hybridized carbons (Fsp3) is 0.00971. The van der Waals surface area contributed by atoms with Crippen molar-refractivity contribution in [2.75, 3.05) is 0 Å². The van der Waals surface area contributed by atoms with Gasteiger partial charge in [-0.1, -0.05) is 322 Å². The van der Waals surface area contributed by atoms with Crippen molar-refractivity contribution in [1.82, 2.24) is 13.7 Å². The standard InChI is InChI=1S/C103H65N3/c1-64-52-56-85-91(60-64)106(73-55-59-82-88(63-73)97(70-40-18-7-19-41-70)79-47-25-22-44-76(79)94(82)67-34-12-4-13-35-67)103-99-84-49-27-29-51-90(84)104(71-53-57-80-86(61-71)95(68-36-14-5-15-37-68)77-45-23-20-42-74(77)92(80)65-30-8-2-9-31-65)101(99)98-83-48-26-28-50-89(83)105(102(98)100(85)103)72-54-58-81-87(62-72)96(69-38-16-6-17-39-69)78-46-24-21-43-75(78)93(81)66-32-10-3-11-33-66/h2-63H,1H3. The molecule has 19 aromatic carbocycles. The number of rotatable bonds is 9. The van der Waals surface area contributed by atoms with Gasteiger partial charge in [-0.25, -0.2) is 0 Å². The van der Waals surface area contributed by atoms with E-state index in [1.165, 1.54) is 169 Å². The normalized spacial score (nSPS) is 12.0. The Morgan fingerprint density at radius 1 is 0.160 bits per heavy atom. The third kappa shape index (κ3) is 8.81. The van der Waals surface area contributed by atoms with Gasteiger partial charge in [0.1, 0.15) is 0 Å². The first kappa shape index (κ1) is 59.8. The summed E-state index contributed by atoms with van der Waals surface area (Å²) >= 11 is 0. The maximum atomic E-state index is 2.65. The van der Waals surface area contributed by atoms with Crippen LogP contribution in [0.4, 0.5) is 0 Å². The fourth-order valence-electron chi connectivity index (χ4n) is 18.5. The molecular weight excluding hydrogens is 1280 g/mol. The van der Waals surface area contributed by atoms with Gasteiger partial charge in [0.2, 0.25) is 0 Å². The zero-order chi connectivity index (χ0) is 69.7. The SMILES string of the molecule is Cc1ccc2c3c4c(c5ccccc5n4-c4ccc5c(-c6ccccc6)c6ccccc6c(-c6ccccc6)c5c4)c4c(c5ccccc5n4-c4ccc5c(-c6ccccc6)c6ccccc6c(-c6ccccc6)c5c4)c3n(-c3ccc4c(-c5ccccc5)c5ccccc5c(-c5ccccc5)c4c3)c2c1. The predicted molar refractivity (Wildman–Crippen MR) is 452 cm³/mol. The molecular formula is C103H65N3. The molecule has 3 aromatic heterocycles. The quantitative estimate of drug-likeness (QED) is 0.128. The number of aromatic nitrogens is 3. The van der Waals surface area contributed by atoms with Gasteiger partial charge >= 0.3 is 0 Å². The van der Waals surface area contributed by atoms with E-state index in [9.17, 15) is 0 Å². The predicted octanol–water partition coefficient (Wildman–Crippen LogP) is 28.2. The van der Waals surface area contributed by atoms with Crippen molar-refractivity contribution >= 4 is 130 Å². The molecule has 0 aliphatic rings. The highest BCUT2D eigenvalue weighted by Gasteiger charge is 2.31. The molecule has 3 heteroatoms. The van der Waals surface area contributed by atoms with Crippen LogP contribution in [0.3, 0.4) is 0 Å². The fourth-order valence-corrected chi connectivity index (χ4v) is 18.5. The minimum atomic E-state index is 1.08. The van der Waals surface area contributed by atoms with Crippen LogP contribution < -0.4 is 0 Å². The van der Waals surface area contributed by atoms with Crippen molar-refractivity contribution in [1.29, 1.82) is 0 Å². The summed E-state index contributed by atoms with van der Waals surface area (Å²) in [6.07, 6.45) is 0. The van der Waals surface area contributed by atoms with Crippen LogP contribution in [0.25, 0.3) is 214 Å². The van der Waals surface area contributed by atoms with Gasteiger partial charge in [-0.15, -0.1) is 0 Å². The van der Waals surface area contributed by atoms with E-state index in [1.807, 2.05) is 0 Å². The van der Waals surface area contributed by atoms with E-state index in [0.29, 0.717) is 0 Å². The number of para-hydroxylation sites is 2. The van der Waals surface area contributed by atoms with Crippen LogP contribution in [0.5, 0.6) is 0 Å². The van der Waals surface area contributed by atoms with E-state index in [-0.39, 0.29) is 0 Å². The highest BCUT2D eigenvalue weighted by molar-refractivity contribution is 6.41. The van der Waals surface area contributed by atoms with Crippen molar-refractivity contribution in [3.8, 4) is 83.8 Å². The van der Waals surface area contributed by atoms with E-state index in [1.54, 1.807) is 0 Å². The third-order valence-corrected chi connectivity index (χ3v) is 22.8. The Morgan fingerprint density at radius 3 is 0.651 bits per heavy atom. The van der Waals surface area contributed by atoms with Crippen molar-refractivity contribution in [2.24, 2.45) is 0 Å². The van der Waals surface area contributed by atoms with Gasteiger partial charge in [0.25, 0.3) is 0 Å². The summed E-state index contributed by atoms with van der Waals surface area (Å²) in [4.78, 5) is 0. The lowest BCUT2D eigenvalue weighted by Crippen LogP contribution is -1.99. The molecule has 0 atom stereocenters. The molecule has 0 aliphatic carbocycles. The summed E-state index contributed by atoms with van der Waals surface area (Å²) in [6.45, 7) is 2.25. The lowest BCUT2D eigenvalue weighted by Gasteiger charge is -2.20. The van der Waals surface area contributed by atoms with Gasteiger partial charge in [-0.3, -0.25) is 0 Å². The van der Waals surface area contributed by atoms with Crippen LogP contribution in [0.1, 0.15) is 5.56 Å². The molecule has 0 spiro atoms. The summed E-state index contributed by atoms with van der Waals surface area (Å²) in [6, 6.07) is 141. The van der Waals surface area contributed by atoms with E-state index >= 15 is 0 Å². The Kier molecular flexibility index (Phi) is 13.3. The van der Waals surface area contributed by atoms with E-state index in [0.717, 1.165) is 50.2 Å². The summed E-state index contributed by atoms with van der Waals surface area (Å²) in [5.41, 5.74) is 25.8. The highest BCUT2D eigenvalue weighted by Crippen LogP contribution is 2.54. The Labute approximate surface area is 612 Å². The molecule has 0 aliphatic heterocycles. The number of nitrogens with zero attached hydrogens (tertiary/aromatic N) is 3.